The van der Waals surface area contributed by atoms with E-state index in [9.17, 15) is 0 Å². The summed E-state index contributed by atoms with van der Waals surface area (Å²) in [5.41, 5.74) is 1.10. The SMILES string of the molecule is CO[C@@H]1CN(c2ccnc(N3CCCn4nncc4C3)n2)C[C@@H]1N(C)C. The minimum Gasteiger partial charge on any atom is -0.378 e. The first-order valence-electron chi connectivity index (χ1n) is 9.05. The second-order valence-electron chi connectivity index (χ2n) is 7.15. The van der Waals surface area contributed by atoms with Gasteiger partial charge in [-0.1, -0.05) is 5.21 Å². The summed E-state index contributed by atoms with van der Waals surface area (Å²) < 4.78 is 7.64. The van der Waals surface area contributed by atoms with Crippen LogP contribution in [0.3, 0.4) is 0 Å². The van der Waals surface area contributed by atoms with Gasteiger partial charge < -0.3 is 19.4 Å². The van der Waals surface area contributed by atoms with Gasteiger partial charge in [0, 0.05) is 39.5 Å². The molecule has 0 saturated carbocycles. The minimum atomic E-state index is 0.182. The summed E-state index contributed by atoms with van der Waals surface area (Å²) in [5.74, 6) is 1.72. The molecule has 9 heteroatoms. The topological polar surface area (TPSA) is 75.4 Å². The largest absolute Gasteiger partial charge is 0.378 e. The molecule has 1 saturated heterocycles. The van der Waals surface area contributed by atoms with Crippen molar-refractivity contribution in [2.24, 2.45) is 0 Å². The second kappa shape index (κ2) is 7.16. The van der Waals surface area contributed by atoms with Gasteiger partial charge in [-0.15, -0.1) is 5.10 Å². The third-order valence-corrected chi connectivity index (χ3v) is 5.29. The zero-order valence-corrected chi connectivity index (χ0v) is 15.6. The summed E-state index contributed by atoms with van der Waals surface area (Å²) in [5, 5.41) is 8.16. The average molecular weight is 358 g/mol. The number of aryl methyl sites for hydroxylation is 1. The molecule has 0 spiro atoms. The Balaban J connectivity index is 1.54. The number of rotatable bonds is 4. The van der Waals surface area contributed by atoms with Gasteiger partial charge in [-0.3, -0.25) is 0 Å². The van der Waals surface area contributed by atoms with Gasteiger partial charge in [0.05, 0.1) is 30.6 Å². The van der Waals surface area contributed by atoms with Crippen LogP contribution in [0, 0.1) is 0 Å². The van der Waals surface area contributed by atoms with E-state index in [1.54, 1.807) is 7.11 Å². The van der Waals surface area contributed by atoms with E-state index in [0.29, 0.717) is 6.04 Å². The predicted octanol–water partition coefficient (Wildman–Crippen LogP) is 0.244. The van der Waals surface area contributed by atoms with Crippen molar-refractivity contribution in [1.82, 2.24) is 29.9 Å². The van der Waals surface area contributed by atoms with Gasteiger partial charge in [0.1, 0.15) is 5.82 Å². The van der Waals surface area contributed by atoms with Crippen molar-refractivity contribution in [2.75, 3.05) is 50.6 Å². The Morgan fingerprint density at radius 3 is 2.85 bits per heavy atom. The molecular formula is C17H26N8O. The number of ether oxygens (including phenoxy) is 1. The number of fused-ring (bicyclic) bond motifs is 1. The van der Waals surface area contributed by atoms with Crippen molar-refractivity contribution in [1.29, 1.82) is 0 Å². The van der Waals surface area contributed by atoms with E-state index in [2.05, 4.69) is 44.1 Å². The van der Waals surface area contributed by atoms with Gasteiger partial charge in [-0.2, -0.15) is 4.98 Å². The van der Waals surface area contributed by atoms with E-state index >= 15 is 0 Å². The first-order chi connectivity index (χ1) is 12.7. The van der Waals surface area contributed by atoms with Crippen LogP contribution in [0.15, 0.2) is 18.5 Å². The van der Waals surface area contributed by atoms with E-state index in [-0.39, 0.29) is 6.10 Å². The number of likely N-dealkylation sites (N-methyl/N-ethyl adjacent to an activating group) is 1. The molecule has 1 fully saturated rings. The molecule has 2 aromatic heterocycles. The van der Waals surface area contributed by atoms with E-state index in [0.717, 1.165) is 56.6 Å². The fraction of sp³-hybridized carbons (Fsp3) is 0.647. The van der Waals surface area contributed by atoms with Crippen LogP contribution >= 0.6 is 0 Å². The van der Waals surface area contributed by atoms with Gasteiger partial charge in [0.15, 0.2) is 0 Å². The van der Waals surface area contributed by atoms with Crippen LogP contribution in [0.2, 0.25) is 0 Å². The highest BCUT2D eigenvalue weighted by Gasteiger charge is 2.35. The highest BCUT2D eigenvalue weighted by Crippen LogP contribution is 2.24. The molecule has 0 amide bonds. The lowest BCUT2D eigenvalue weighted by atomic mass is 10.2. The zero-order chi connectivity index (χ0) is 18.1. The maximum Gasteiger partial charge on any atom is 0.227 e. The molecule has 4 heterocycles. The summed E-state index contributed by atoms with van der Waals surface area (Å²) in [6, 6.07) is 2.34. The highest BCUT2D eigenvalue weighted by molar-refractivity contribution is 5.45. The van der Waals surface area contributed by atoms with Gasteiger partial charge in [-0.25, -0.2) is 9.67 Å². The monoisotopic (exact) mass is 358 g/mol. The quantitative estimate of drug-likeness (QED) is 0.770. The van der Waals surface area contributed by atoms with E-state index < -0.39 is 0 Å². The van der Waals surface area contributed by atoms with Gasteiger partial charge in [0.2, 0.25) is 5.95 Å². The Bertz CT molecular complexity index is 748. The number of hydrogen-bond acceptors (Lipinski definition) is 8. The third kappa shape index (κ3) is 3.24. The van der Waals surface area contributed by atoms with Crippen molar-refractivity contribution >= 4 is 11.8 Å². The summed E-state index contributed by atoms with van der Waals surface area (Å²) in [4.78, 5) is 16.1. The Morgan fingerprint density at radius 1 is 1.19 bits per heavy atom. The molecule has 0 unspecified atom stereocenters. The molecule has 2 atom stereocenters. The lowest BCUT2D eigenvalue weighted by molar-refractivity contribution is 0.0639. The molecule has 26 heavy (non-hydrogen) atoms. The summed E-state index contributed by atoms with van der Waals surface area (Å²) in [6.45, 7) is 4.27. The maximum atomic E-state index is 5.68. The van der Waals surface area contributed by atoms with Crippen LogP contribution in [-0.2, 0) is 17.8 Å². The molecule has 0 radical (unpaired) electrons. The Kier molecular flexibility index (Phi) is 4.73. The molecule has 2 aliphatic heterocycles. The maximum absolute atomic E-state index is 5.68. The van der Waals surface area contributed by atoms with Crippen molar-refractivity contribution in [3.05, 3.63) is 24.2 Å². The van der Waals surface area contributed by atoms with Crippen molar-refractivity contribution < 1.29 is 4.74 Å². The Morgan fingerprint density at radius 2 is 2.08 bits per heavy atom. The van der Waals surface area contributed by atoms with Crippen molar-refractivity contribution in [3.8, 4) is 0 Å². The van der Waals surface area contributed by atoms with Gasteiger partial charge >= 0.3 is 0 Å². The minimum absolute atomic E-state index is 0.182. The molecule has 2 aromatic rings. The van der Waals surface area contributed by atoms with Crippen molar-refractivity contribution in [3.63, 3.8) is 0 Å². The van der Waals surface area contributed by atoms with Crippen molar-refractivity contribution in [2.45, 2.75) is 31.7 Å². The van der Waals surface area contributed by atoms with Crippen LogP contribution in [0.4, 0.5) is 11.8 Å². The molecule has 0 N–H and O–H groups in total. The van der Waals surface area contributed by atoms with Crippen LogP contribution in [0.25, 0.3) is 0 Å². The normalized spacial score (nSPS) is 23.4. The summed E-state index contributed by atoms with van der Waals surface area (Å²) in [7, 11) is 5.98. The van der Waals surface area contributed by atoms with Crippen LogP contribution < -0.4 is 9.80 Å². The third-order valence-electron chi connectivity index (χ3n) is 5.29. The standard InChI is InChI=1S/C17H26N8O/c1-22(2)14-11-24(12-15(14)26-3)16-5-6-18-17(20-16)23-7-4-8-25-13(10-23)9-19-21-25/h5-6,9,14-15H,4,7-8,10-12H2,1-3H3/t14-,15+/m0/s1. The number of methoxy groups -OCH3 is 1. The molecule has 0 aliphatic carbocycles. The van der Waals surface area contributed by atoms with Gasteiger partial charge in [0.25, 0.3) is 0 Å². The summed E-state index contributed by atoms with van der Waals surface area (Å²) in [6.07, 6.45) is 4.86. The fourth-order valence-corrected chi connectivity index (χ4v) is 3.79. The lowest BCUT2D eigenvalue weighted by Crippen LogP contribution is -2.39. The first-order valence-corrected chi connectivity index (χ1v) is 9.05. The number of nitrogens with zero attached hydrogens (tertiary/aromatic N) is 8. The number of hydrogen-bond donors (Lipinski definition) is 0. The highest BCUT2D eigenvalue weighted by atomic mass is 16.5. The molecule has 140 valence electrons. The Labute approximate surface area is 153 Å². The molecule has 0 bridgehead atoms. The van der Waals surface area contributed by atoms with Crippen LogP contribution in [-0.4, -0.2) is 82.8 Å². The Hall–Kier alpha value is -2.26. The molecule has 4 rings (SSSR count). The summed E-state index contributed by atoms with van der Waals surface area (Å²) >= 11 is 0. The number of aromatic nitrogens is 5. The fourth-order valence-electron chi connectivity index (χ4n) is 3.79. The van der Waals surface area contributed by atoms with E-state index in [4.69, 9.17) is 9.72 Å². The molecular weight excluding hydrogens is 332 g/mol. The molecule has 2 aliphatic rings. The van der Waals surface area contributed by atoms with E-state index in [1.165, 1.54) is 0 Å². The predicted molar refractivity (Wildman–Crippen MR) is 98.2 cm³/mol. The zero-order valence-electron chi connectivity index (χ0n) is 15.6. The smallest absolute Gasteiger partial charge is 0.227 e. The lowest BCUT2D eigenvalue weighted by Gasteiger charge is -2.24. The second-order valence-corrected chi connectivity index (χ2v) is 7.15. The van der Waals surface area contributed by atoms with Crippen LogP contribution in [0.5, 0.6) is 0 Å². The van der Waals surface area contributed by atoms with Gasteiger partial charge in [-0.05, 0) is 26.6 Å². The first kappa shape index (κ1) is 17.2. The number of anilines is 2. The van der Waals surface area contributed by atoms with Crippen LogP contribution in [0.1, 0.15) is 12.1 Å². The molecule has 0 aromatic carbocycles. The molecule has 9 nitrogen and oxygen atoms in total. The average Bonchev–Trinajstić information content (AvgIpc) is 3.23. The van der Waals surface area contributed by atoms with E-state index in [1.807, 2.05) is 23.1 Å².